The Bertz CT molecular complexity index is 439. The minimum Gasteiger partial charge on any atom is -0.222 e. The summed E-state index contributed by atoms with van der Waals surface area (Å²) in [5, 5.41) is 4.64. The van der Waals surface area contributed by atoms with Crippen molar-refractivity contribution in [2.75, 3.05) is 5.88 Å². The lowest BCUT2D eigenvalue weighted by atomic mass is 10.2. The van der Waals surface area contributed by atoms with E-state index in [4.69, 9.17) is 23.2 Å². The number of nitrogens with zero attached hydrogens (tertiary/aromatic N) is 3. The molecule has 2 heterocycles. The van der Waals surface area contributed by atoms with Gasteiger partial charge in [-0.3, -0.25) is 0 Å². The molecule has 0 radical (unpaired) electrons. The van der Waals surface area contributed by atoms with E-state index in [2.05, 4.69) is 10.1 Å². The number of hydrogen-bond acceptors (Lipinski definition) is 2. The SMILES string of the molecule is ClCCCc1cn2nccc2nc1Cl. The molecule has 0 saturated carbocycles. The zero-order valence-electron chi connectivity index (χ0n) is 7.45. The molecule has 2 rings (SSSR count). The Balaban J connectivity index is 2.38. The Hall–Kier alpha value is -0.800. The summed E-state index contributed by atoms with van der Waals surface area (Å²) in [5.74, 6) is 0.632. The van der Waals surface area contributed by atoms with Crippen LogP contribution in [0.25, 0.3) is 5.65 Å². The predicted octanol–water partition coefficient (Wildman–Crippen LogP) is 2.55. The van der Waals surface area contributed by atoms with E-state index >= 15 is 0 Å². The zero-order chi connectivity index (χ0) is 9.97. The predicted molar refractivity (Wildman–Crippen MR) is 57.0 cm³/mol. The first-order valence-corrected chi connectivity index (χ1v) is 5.27. The van der Waals surface area contributed by atoms with E-state index in [-0.39, 0.29) is 0 Å². The van der Waals surface area contributed by atoms with E-state index in [1.807, 2.05) is 12.3 Å². The molecule has 0 atom stereocenters. The van der Waals surface area contributed by atoms with E-state index < -0.39 is 0 Å². The molecule has 0 amide bonds. The van der Waals surface area contributed by atoms with Crippen molar-refractivity contribution in [1.82, 2.24) is 14.6 Å². The lowest BCUT2D eigenvalue weighted by molar-refractivity contribution is 0.868. The molecule has 0 aliphatic heterocycles. The fourth-order valence-corrected chi connectivity index (χ4v) is 1.66. The summed E-state index contributed by atoms with van der Waals surface area (Å²) in [6.07, 6.45) is 5.34. The Labute approximate surface area is 91.7 Å². The van der Waals surface area contributed by atoms with Crippen molar-refractivity contribution in [3.8, 4) is 0 Å². The van der Waals surface area contributed by atoms with Crippen LogP contribution in [0.3, 0.4) is 0 Å². The van der Waals surface area contributed by atoms with Gasteiger partial charge in [0.2, 0.25) is 0 Å². The highest BCUT2D eigenvalue weighted by atomic mass is 35.5. The van der Waals surface area contributed by atoms with Gasteiger partial charge >= 0.3 is 0 Å². The van der Waals surface area contributed by atoms with Gasteiger partial charge in [-0.15, -0.1) is 11.6 Å². The average molecular weight is 230 g/mol. The van der Waals surface area contributed by atoms with Crippen molar-refractivity contribution < 1.29 is 0 Å². The van der Waals surface area contributed by atoms with Gasteiger partial charge in [-0.2, -0.15) is 5.10 Å². The first-order chi connectivity index (χ1) is 6.81. The number of hydrogen-bond donors (Lipinski definition) is 0. The molecule has 2 aromatic heterocycles. The summed E-state index contributed by atoms with van der Waals surface area (Å²) < 4.78 is 1.72. The van der Waals surface area contributed by atoms with Crippen LogP contribution < -0.4 is 0 Å². The maximum atomic E-state index is 6.00. The minimum atomic E-state index is 0.545. The lowest BCUT2D eigenvalue weighted by Gasteiger charge is -2.02. The standard InChI is InChI=1S/C9H9Cl2N3/c10-4-1-2-7-6-14-8(3-5-12-14)13-9(7)11/h3,5-6H,1-2,4H2. The molecule has 0 aliphatic rings. The van der Waals surface area contributed by atoms with Gasteiger partial charge in [0.05, 0.1) is 6.20 Å². The highest BCUT2D eigenvalue weighted by Gasteiger charge is 2.04. The van der Waals surface area contributed by atoms with E-state index in [0.29, 0.717) is 11.0 Å². The van der Waals surface area contributed by atoms with Gasteiger partial charge < -0.3 is 0 Å². The fraction of sp³-hybridized carbons (Fsp3) is 0.333. The molecule has 14 heavy (non-hydrogen) atoms. The Kier molecular flexibility index (Phi) is 2.89. The summed E-state index contributed by atoms with van der Waals surface area (Å²) >= 11 is 11.6. The summed E-state index contributed by atoms with van der Waals surface area (Å²) in [7, 11) is 0. The molecule has 0 N–H and O–H groups in total. The number of rotatable bonds is 3. The van der Waals surface area contributed by atoms with Gasteiger partial charge in [0.1, 0.15) is 5.15 Å². The van der Waals surface area contributed by atoms with Crippen LogP contribution in [0.5, 0.6) is 0 Å². The second kappa shape index (κ2) is 4.15. The van der Waals surface area contributed by atoms with Crippen LogP contribution in [0, 0.1) is 0 Å². The molecule has 0 spiro atoms. The molecule has 0 aromatic carbocycles. The molecule has 3 nitrogen and oxygen atoms in total. The van der Waals surface area contributed by atoms with Gasteiger partial charge in [-0.25, -0.2) is 9.50 Å². The number of aromatic nitrogens is 3. The van der Waals surface area contributed by atoms with E-state index in [1.54, 1.807) is 10.7 Å². The lowest BCUT2D eigenvalue weighted by Crippen LogP contribution is -1.97. The molecule has 2 aromatic rings. The minimum absolute atomic E-state index is 0.545. The molecular formula is C9H9Cl2N3. The van der Waals surface area contributed by atoms with Crippen LogP contribution in [-0.4, -0.2) is 20.5 Å². The second-order valence-electron chi connectivity index (χ2n) is 2.98. The molecule has 5 heteroatoms. The molecule has 0 unspecified atom stereocenters. The fourth-order valence-electron chi connectivity index (χ4n) is 1.29. The average Bonchev–Trinajstić information content (AvgIpc) is 2.61. The Morgan fingerprint density at radius 2 is 2.29 bits per heavy atom. The molecule has 0 bridgehead atoms. The largest absolute Gasteiger partial charge is 0.222 e. The van der Waals surface area contributed by atoms with Crippen LogP contribution >= 0.6 is 23.2 Å². The van der Waals surface area contributed by atoms with Crippen molar-refractivity contribution in [3.05, 3.63) is 29.2 Å². The number of aryl methyl sites for hydroxylation is 1. The third-order valence-corrected chi connectivity index (χ3v) is 2.58. The number of fused-ring (bicyclic) bond motifs is 1. The summed E-state index contributed by atoms with van der Waals surface area (Å²) in [6, 6.07) is 1.82. The smallest absolute Gasteiger partial charge is 0.156 e. The van der Waals surface area contributed by atoms with Gasteiger partial charge in [-0.1, -0.05) is 11.6 Å². The first kappa shape index (κ1) is 9.74. The third kappa shape index (κ3) is 1.83. The van der Waals surface area contributed by atoms with Crippen LogP contribution in [0.1, 0.15) is 12.0 Å². The Morgan fingerprint density at radius 1 is 1.43 bits per heavy atom. The normalized spacial score (nSPS) is 11.0. The van der Waals surface area contributed by atoms with E-state index in [1.165, 1.54) is 0 Å². The van der Waals surface area contributed by atoms with Crippen molar-refractivity contribution in [1.29, 1.82) is 0 Å². The van der Waals surface area contributed by atoms with E-state index in [9.17, 15) is 0 Å². The van der Waals surface area contributed by atoms with Crippen molar-refractivity contribution in [2.45, 2.75) is 12.8 Å². The van der Waals surface area contributed by atoms with E-state index in [0.717, 1.165) is 24.1 Å². The van der Waals surface area contributed by atoms with Crippen molar-refractivity contribution in [2.24, 2.45) is 0 Å². The van der Waals surface area contributed by atoms with Gasteiger partial charge in [-0.05, 0) is 12.8 Å². The van der Waals surface area contributed by atoms with Gasteiger partial charge in [0.15, 0.2) is 5.65 Å². The van der Waals surface area contributed by atoms with Crippen LogP contribution in [0.15, 0.2) is 18.5 Å². The summed E-state index contributed by atoms with van der Waals surface area (Å²) in [4.78, 5) is 4.21. The monoisotopic (exact) mass is 229 g/mol. The molecule has 0 saturated heterocycles. The molecule has 0 fully saturated rings. The van der Waals surface area contributed by atoms with Crippen LogP contribution in [0.4, 0.5) is 0 Å². The number of alkyl halides is 1. The first-order valence-electron chi connectivity index (χ1n) is 4.36. The topological polar surface area (TPSA) is 30.2 Å². The number of halogens is 2. The van der Waals surface area contributed by atoms with Gasteiger partial charge in [0, 0.05) is 23.7 Å². The second-order valence-corrected chi connectivity index (χ2v) is 3.72. The van der Waals surface area contributed by atoms with Crippen molar-refractivity contribution >= 4 is 28.8 Å². The highest BCUT2D eigenvalue weighted by molar-refractivity contribution is 6.30. The maximum absolute atomic E-state index is 6.00. The van der Waals surface area contributed by atoms with Crippen molar-refractivity contribution in [3.63, 3.8) is 0 Å². The van der Waals surface area contributed by atoms with Crippen LogP contribution in [-0.2, 0) is 6.42 Å². The highest BCUT2D eigenvalue weighted by Crippen LogP contribution is 2.16. The maximum Gasteiger partial charge on any atom is 0.156 e. The zero-order valence-corrected chi connectivity index (χ0v) is 8.96. The molecular weight excluding hydrogens is 221 g/mol. The molecule has 0 aliphatic carbocycles. The van der Waals surface area contributed by atoms with Gasteiger partial charge in [0.25, 0.3) is 0 Å². The summed E-state index contributed by atoms with van der Waals surface area (Å²) in [5.41, 5.74) is 1.76. The van der Waals surface area contributed by atoms with Crippen LogP contribution in [0.2, 0.25) is 5.15 Å². The summed E-state index contributed by atoms with van der Waals surface area (Å²) in [6.45, 7) is 0. The quantitative estimate of drug-likeness (QED) is 0.599. The Morgan fingerprint density at radius 3 is 3.07 bits per heavy atom. The molecule has 74 valence electrons. The third-order valence-electron chi connectivity index (χ3n) is 1.98.